The fourth-order valence-electron chi connectivity index (χ4n) is 1.95. The van der Waals surface area contributed by atoms with Gasteiger partial charge in [-0.05, 0) is 11.6 Å². The van der Waals surface area contributed by atoms with Crippen molar-refractivity contribution in [1.82, 2.24) is 5.32 Å². The van der Waals surface area contributed by atoms with Crippen molar-refractivity contribution in [2.45, 2.75) is 6.42 Å². The SMILES string of the molecule is O=C(O)CCNC(=O)COc1ccccc1-c1ccccc1. The minimum absolute atomic E-state index is 0.0951. The molecule has 0 saturated carbocycles. The molecule has 22 heavy (non-hydrogen) atoms. The van der Waals surface area contributed by atoms with E-state index in [1.165, 1.54) is 0 Å². The van der Waals surface area contributed by atoms with E-state index in [1.807, 2.05) is 48.5 Å². The van der Waals surface area contributed by atoms with Crippen LogP contribution in [0.2, 0.25) is 0 Å². The molecule has 0 aliphatic carbocycles. The van der Waals surface area contributed by atoms with Gasteiger partial charge in [-0.1, -0.05) is 48.5 Å². The normalized spacial score (nSPS) is 10.0. The molecule has 2 rings (SSSR count). The Morgan fingerprint density at radius 2 is 1.68 bits per heavy atom. The summed E-state index contributed by atoms with van der Waals surface area (Å²) in [7, 11) is 0. The minimum atomic E-state index is -0.948. The van der Waals surface area contributed by atoms with Gasteiger partial charge in [-0.3, -0.25) is 9.59 Å². The molecule has 1 amide bonds. The van der Waals surface area contributed by atoms with Crippen LogP contribution in [0.25, 0.3) is 11.1 Å². The number of hydrogen-bond acceptors (Lipinski definition) is 3. The van der Waals surface area contributed by atoms with Crippen molar-refractivity contribution in [3.63, 3.8) is 0 Å². The number of carboxylic acid groups (broad SMARTS) is 1. The minimum Gasteiger partial charge on any atom is -0.483 e. The first-order valence-electron chi connectivity index (χ1n) is 6.92. The van der Waals surface area contributed by atoms with Gasteiger partial charge >= 0.3 is 5.97 Å². The third-order valence-electron chi connectivity index (χ3n) is 2.99. The maximum Gasteiger partial charge on any atom is 0.305 e. The van der Waals surface area contributed by atoms with E-state index < -0.39 is 5.97 Å². The standard InChI is InChI=1S/C17H17NO4/c19-16(18-11-10-17(20)21)12-22-15-9-5-4-8-14(15)13-6-2-1-3-7-13/h1-9H,10-12H2,(H,18,19)(H,20,21). The summed E-state index contributed by atoms with van der Waals surface area (Å²) < 4.78 is 5.55. The van der Waals surface area contributed by atoms with Gasteiger partial charge in [-0.2, -0.15) is 0 Å². The van der Waals surface area contributed by atoms with Gasteiger partial charge in [0.05, 0.1) is 6.42 Å². The summed E-state index contributed by atoms with van der Waals surface area (Å²) in [5.41, 5.74) is 1.91. The van der Waals surface area contributed by atoms with Crippen LogP contribution in [0.3, 0.4) is 0 Å². The molecule has 0 atom stereocenters. The summed E-state index contributed by atoms with van der Waals surface area (Å²) in [6.45, 7) is -0.0542. The fourth-order valence-corrected chi connectivity index (χ4v) is 1.95. The lowest BCUT2D eigenvalue weighted by molar-refractivity contribution is -0.137. The van der Waals surface area contributed by atoms with Crippen LogP contribution in [0.1, 0.15) is 6.42 Å². The van der Waals surface area contributed by atoms with Crippen LogP contribution in [0.5, 0.6) is 5.75 Å². The van der Waals surface area contributed by atoms with Crippen LogP contribution in [-0.2, 0) is 9.59 Å². The van der Waals surface area contributed by atoms with E-state index in [9.17, 15) is 9.59 Å². The summed E-state index contributed by atoms with van der Waals surface area (Å²) in [6, 6.07) is 17.2. The van der Waals surface area contributed by atoms with Crippen LogP contribution in [-0.4, -0.2) is 30.1 Å². The Bertz CT molecular complexity index is 640. The number of para-hydroxylation sites is 1. The van der Waals surface area contributed by atoms with E-state index in [-0.39, 0.29) is 25.5 Å². The fraction of sp³-hybridized carbons (Fsp3) is 0.176. The molecule has 2 aromatic rings. The molecule has 5 heteroatoms. The Labute approximate surface area is 128 Å². The number of hydrogen-bond donors (Lipinski definition) is 2. The van der Waals surface area contributed by atoms with Crippen molar-refractivity contribution in [1.29, 1.82) is 0 Å². The molecule has 0 saturated heterocycles. The van der Waals surface area contributed by atoms with Crippen LogP contribution < -0.4 is 10.1 Å². The Balaban J connectivity index is 1.96. The summed E-state index contributed by atoms with van der Waals surface area (Å²) in [5.74, 6) is -0.679. The highest BCUT2D eigenvalue weighted by Gasteiger charge is 2.08. The number of nitrogens with one attached hydrogen (secondary N) is 1. The molecule has 0 spiro atoms. The number of aliphatic carboxylic acids is 1. The second kappa shape index (κ2) is 7.83. The Hall–Kier alpha value is -2.82. The first-order valence-corrected chi connectivity index (χ1v) is 6.92. The number of rotatable bonds is 7. The number of carbonyl (C=O) groups excluding carboxylic acids is 1. The lowest BCUT2D eigenvalue weighted by Crippen LogP contribution is -2.30. The van der Waals surface area contributed by atoms with E-state index in [0.29, 0.717) is 5.75 Å². The molecule has 5 nitrogen and oxygen atoms in total. The van der Waals surface area contributed by atoms with Crippen LogP contribution in [0.15, 0.2) is 54.6 Å². The van der Waals surface area contributed by atoms with Crippen molar-refractivity contribution in [3.05, 3.63) is 54.6 Å². The molecule has 0 fully saturated rings. The third kappa shape index (κ3) is 4.63. The lowest BCUT2D eigenvalue weighted by Gasteiger charge is -2.11. The predicted molar refractivity (Wildman–Crippen MR) is 82.6 cm³/mol. The van der Waals surface area contributed by atoms with Gasteiger partial charge in [0.2, 0.25) is 0 Å². The van der Waals surface area contributed by atoms with Crippen molar-refractivity contribution in [2.75, 3.05) is 13.2 Å². The second-order valence-electron chi connectivity index (χ2n) is 4.64. The van der Waals surface area contributed by atoms with E-state index >= 15 is 0 Å². The van der Waals surface area contributed by atoms with Crippen LogP contribution in [0, 0.1) is 0 Å². The Kier molecular flexibility index (Phi) is 5.54. The van der Waals surface area contributed by atoms with Gasteiger partial charge < -0.3 is 15.2 Å². The maximum atomic E-state index is 11.6. The largest absolute Gasteiger partial charge is 0.483 e. The number of carbonyl (C=O) groups is 2. The van der Waals surface area contributed by atoms with Crippen molar-refractivity contribution >= 4 is 11.9 Å². The molecule has 0 aliphatic rings. The van der Waals surface area contributed by atoms with Gasteiger partial charge in [-0.15, -0.1) is 0 Å². The molecular formula is C17H17NO4. The van der Waals surface area contributed by atoms with Gasteiger partial charge in [0.25, 0.3) is 5.91 Å². The molecule has 0 aliphatic heterocycles. The van der Waals surface area contributed by atoms with Gasteiger partial charge in [0.1, 0.15) is 5.75 Å². The van der Waals surface area contributed by atoms with Gasteiger partial charge in [0.15, 0.2) is 6.61 Å². The molecule has 0 bridgehead atoms. The Morgan fingerprint density at radius 1 is 1.00 bits per heavy atom. The average Bonchev–Trinajstić information content (AvgIpc) is 2.54. The summed E-state index contributed by atoms with van der Waals surface area (Å²) in [5, 5.41) is 11.0. The van der Waals surface area contributed by atoms with Crippen molar-refractivity contribution in [3.8, 4) is 16.9 Å². The molecule has 0 radical (unpaired) electrons. The van der Waals surface area contributed by atoms with E-state index in [4.69, 9.17) is 9.84 Å². The van der Waals surface area contributed by atoms with Crippen molar-refractivity contribution in [2.24, 2.45) is 0 Å². The first kappa shape index (κ1) is 15.6. The average molecular weight is 299 g/mol. The predicted octanol–water partition coefficient (Wildman–Crippen LogP) is 2.32. The molecule has 0 unspecified atom stereocenters. The summed E-state index contributed by atoms with van der Waals surface area (Å²) in [4.78, 5) is 22.0. The Morgan fingerprint density at radius 3 is 2.41 bits per heavy atom. The highest BCUT2D eigenvalue weighted by Crippen LogP contribution is 2.29. The number of amides is 1. The molecule has 0 aromatic heterocycles. The quantitative estimate of drug-likeness (QED) is 0.822. The van der Waals surface area contributed by atoms with Gasteiger partial charge in [0, 0.05) is 12.1 Å². The third-order valence-corrected chi connectivity index (χ3v) is 2.99. The number of carboxylic acids is 1. The number of benzene rings is 2. The first-order chi connectivity index (χ1) is 10.7. The van der Waals surface area contributed by atoms with Crippen LogP contribution >= 0.6 is 0 Å². The molecule has 0 heterocycles. The van der Waals surface area contributed by atoms with Crippen molar-refractivity contribution < 1.29 is 19.4 Å². The summed E-state index contributed by atoms with van der Waals surface area (Å²) in [6.07, 6.45) is -0.105. The lowest BCUT2D eigenvalue weighted by atomic mass is 10.1. The van der Waals surface area contributed by atoms with E-state index in [1.54, 1.807) is 6.07 Å². The van der Waals surface area contributed by atoms with Gasteiger partial charge in [-0.25, -0.2) is 0 Å². The number of ether oxygens (including phenoxy) is 1. The second-order valence-corrected chi connectivity index (χ2v) is 4.64. The zero-order valence-electron chi connectivity index (χ0n) is 12.0. The molecule has 114 valence electrons. The topological polar surface area (TPSA) is 75.6 Å². The maximum absolute atomic E-state index is 11.6. The molecular weight excluding hydrogens is 282 g/mol. The molecule has 2 N–H and O–H groups in total. The highest BCUT2D eigenvalue weighted by molar-refractivity contribution is 5.79. The highest BCUT2D eigenvalue weighted by atomic mass is 16.5. The summed E-state index contributed by atoms with van der Waals surface area (Å²) >= 11 is 0. The van der Waals surface area contributed by atoms with E-state index in [2.05, 4.69) is 5.32 Å². The van der Waals surface area contributed by atoms with E-state index in [0.717, 1.165) is 11.1 Å². The molecule has 2 aromatic carbocycles. The monoisotopic (exact) mass is 299 g/mol. The smallest absolute Gasteiger partial charge is 0.305 e. The zero-order valence-corrected chi connectivity index (χ0v) is 12.0. The van der Waals surface area contributed by atoms with Crippen LogP contribution in [0.4, 0.5) is 0 Å². The zero-order chi connectivity index (χ0) is 15.8.